The zero-order valence-corrected chi connectivity index (χ0v) is 11.4. The number of methoxy groups -OCH3 is 1. The molecule has 5 nitrogen and oxygen atoms in total. The van der Waals surface area contributed by atoms with E-state index >= 15 is 0 Å². The first-order chi connectivity index (χ1) is 9.04. The molecule has 3 amide bonds. The maximum atomic E-state index is 12.4. The van der Waals surface area contributed by atoms with E-state index in [0.717, 1.165) is 0 Å². The fraction of sp³-hybridized carbons (Fsp3) is 0.429. The van der Waals surface area contributed by atoms with Crippen molar-refractivity contribution in [1.29, 1.82) is 0 Å². The highest BCUT2D eigenvalue weighted by atomic mass is 16.5. The van der Waals surface area contributed by atoms with Crippen LogP contribution in [0.25, 0.3) is 0 Å². The Labute approximate surface area is 112 Å². The summed E-state index contributed by atoms with van der Waals surface area (Å²) in [6.45, 7) is 4.37. The van der Waals surface area contributed by atoms with E-state index in [2.05, 4.69) is 0 Å². The molecule has 1 aliphatic rings. The normalized spacial score (nSPS) is 16.2. The Morgan fingerprint density at radius 1 is 1.26 bits per heavy atom. The van der Waals surface area contributed by atoms with Gasteiger partial charge in [-0.05, 0) is 26.0 Å². The lowest BCUT2D eigenvalue weighted by Gasteiger charge is -2.36. The second-order valence-corrected chi connectivity index (χ2v) is 4.75. The van der Waals surface area contributed by atoms with Gasteiger partial charge >= 0.3 is 6.03 Å². The van der Waals surface area contributed by atoms with Gasteiger partial charge in [0.05, 0.1) is 12.8 Å². The Hall–Kier alpha value is -2.04. The number of hydrogen-bond acceptors (Lipinski definition) is 3. The summed E-state index contributed by atoms with van der Waals surface area (Å²) in [5.41, 5.74) is 0.555. The predicted octanol–water partition coefficient (Wildman–Crippen LogP) is 2.26. The Balaban J connectivity index is 2.34. The van der Waals surface area contributed by atoms with Crippen LogP contribution in [0.3, 0.4) is 0 Å². The van der Waals surface area contributed by atoms with Crippen molar-refractivity contribution in [1.82, 2.24) is 4.90 Å². The molecule has 19 heavy (non-hydrogen) atoms. The molecule has 0 aromatic heterocycles. The number of rotatable bonds is 3. The molecule has 1 aromatic rings. The van der Waals surface area contributed by atoms with Crippen LogP contribution in [0.15, 0.2) is 24.3 Å². The van der Waals surface area contributed by atoms with E-state index in [4.69, 9.17) is 4.74 Å². The number of anilines is 1. The number of carbonyl (C=O) groups excluding carboxylic acids is 2. The Kier molecular flexibility index (Phi) is 3.74. The molecule has 0 atom stereocenters. The van der Waals surface area contributed by atoms with Crippen LogP contribution in [0.5, 0.6) is 5.75 Å². The second-order valence-electron chi connectivity index (χ2n) is 4.75. The number of imide groups is 1. The average molecular weight is 262 g/mol. The molecule has 2 rings (SSSR count). The van der Waals surface area contributed by atoms with E-state index in [1.54, 1.807) is 36.3 Å². The summed E-state index contributed by atoms with van der Waals surface area (Å²) in [6, 6.07) is 6.79. The molecule has 0 spiro atoms. The third-order valence-corrected chi connectivity index (χ3v) is 3.19. The Bertz CT molecular complexity index is 499. The standard InChI is InChI=1S/C14H18N2O3/c1-10(2)15-8-7-13(17)16(14(15)18)11-5-4-6-12(9-11)19-3/h4-6,9-10H,7-8H2,1-3H3. The summed E-state index contributed by atoms with van der Waals surface area (Å²) >= 11 is 0. The van der Waals surface area contributed by atoms with E-state index in [1.807, 2.05) is 13.8 Å². The van der Waals surface area contributed by atoms with E-state index in [9.17, 15) is 9.59 Å². The minimum atomic E-state index is -0.264. The molecule has 0 aliphatic carbocycles. The van der Waals surface area contributed by atoms with Crippen LogP contribution in [0.4, 0.5) is 10.5 Å². The van der Waals surface area contributed by atoms with Gasteiger partial charge in [-0.3, -0.25) is 4.79 Å². The summed E-state index contributed by atoms with van der Waals surface area (Å²) in [4.78, 5) is 27.3. The molecule has 0 radical (unpaired) electrons. The number of ether oxygens (including phenoxy) is 1. The molecule has 0 N–H and O–H groups in total. The molecule has 1 heterocycles. The number of urea groups is 1. The fourth-order valence-corrected chi connectivity index (χ4v) is 2.14. The molecule has 1 aromatic carbocycles. The van der Waals surface area contributed by atoms with Gasteiger partial charge in [0.25, 0.3) is 0 Å². The number of benzene rings is 1. The number of amides is 3. The Morgan fingerprint density at radius 2 is 2.00 bits per heavy atom. The van der Waals surface area contributed by atoms with Crippen LogP contribution in [-0.4, -0.2) is 36.5 Å². The van der Waals surface area contributed by atoms with Gasteiger partial charge in [-0.1, -0.05) is 6.07 Å². The van der Waals surface area contributed by atoms with Crippen molar-refractivity contribution in [3.63, 3.8) is 0 Å². The molecular formula is C14H18N2O3. The minimum absolute atomic E-state index is 0.0775. The maximum Gasteiger partial charge on any atom is 0.331 e. The summed E-state index contributed by atoms with van der Waals surface area (Å²) in [7, 11) is 1.55. The highest BCUT2D eigenvalue weighted by Gasteiger charge is 2.34. The predicted molar refractivity (Wildman–Crippen MR) is 72.3 cm³/mol. The van der Waals surface area contributed by atoms with Crippen molar-refractivity contribution in [2.75, 3.05) is 18.6 Å². The SMILES string of the molecule is COc1cccc(N2C(=O)CCN(C(C)C)C2=O)c1. The Morgan fingerprint density at radius 3 is 2.63 bits per heavy atom. The van der Waals surface area contributed by atoms with Crippen LogP contribution in [0.1, 0.15) is 20.3 Å². The number of nitrogens with zero attached hydrogens (tertiary/aromatic N) is 2. The first-order valence-electron chi connectivity index (χ1n) is 6.32. The van der Waals surface area contributed by atoms with E-state index in [-0.39, 0.29) is 18.0 Å². The molecule has 1 saturated heterocycles. The molecule has 1 fully saturated rings. The monoisotopic (exact) mass is 262 g/mol. The molecule has 102 valence electrons. The van der Waals surface area contributed by atoms with Gasteiger partial charge in [-0.15, -0.1) is 0 Å². The topological polar surface area (TPSA) is 49.9 Å². The van der Waals surface area contributed by atoms with Crippen LogP contribution in [0, 0.1) is 0 Å². The van der Waals surface area contributed by atoms with Crippen molar-refractivity contribution in [2.45, 2.75) is 26.3 Å². The van der Waals surface area contributed by atoms with Gasteiger partial charge < -0.3 is 9.64 Å². The van der Waals surface area contributed by atoms with Gasteiger partial charge in [0.1, 0.15) is 5.75 Å². The average Bonchev–Trinajstić information content (AvgIpc) is 2.38. The van der Waals surface area contributed by atoms with Crippen molar-refractivity contribution < 1.29 is 14.3 Å². The van der Waals surface area contributed by atoms with Crippen molar-refractivity contribution in [2.24, 2.45) is 0 Å². The first kappa shape index (κ1) is 13.4. The smallest absolute Gasteiger partial charge is 0.331 e. The zero-order valence-electron chi connectivity index (χ0n) is 11.4. The van der Waals surface area contributed by atoms with E-state index < -0.39 is 0 Å². The zero-order chi connectivity index (χ0) is 14.0. The molecular weight excluding hydrogens is 244 g/mol. The molecule has 1 aliphatic heterocycles. The summed E-state index contributed by atoms with van der Waals surface area (Å²) in [6.07, 6.45) is 0.348. The van der Waals surface area contributed by atoms with Crippen LogP contribution in [-0.2, 0) is 4.79 Å². The summed E-state index contributed by atoms with van der Waals surface area (Å²) < 4.78 is 5.13. The van der Waals surface area contributed by atoms with Gasteiger partial charge in [-0.25, -0.2) is 9.69 Å². The van der Waals surface area contributed by atoms with Crippen LogP contribution >= 0.6 is 0 Å². The van der Waals surface area contributed by atoms with E-state index in [0.29, 0.717) is 24.4 Å². The molecule has 0 unspecified atom stereocenters. The van der Waals surface area contributed by atoms with Gasteiger partial charge in [-0.2, -0.15) is 0 Å². The van der Waals surface area contributed by atoms with Gasteiger partial charge in [0.2, 0.25) is 5.91 Å². The van der Waals surface area contributed by atoms with Gasteiger partial charge in [0.15, 0.2) is 0 Å². The quantitative estimate of drug-likeness (QED) is 0.839. The molecule has 5 heteroatoms. The van der Waals surface area contributed by atoms with E-state index in [1.165, 1.54) is 4.90 Å². The lowest BCUT2D eigenvalue weighted by Crippen LogP contribution is -2.54. The lowest BCUT2D eigenvalue weighted by atomic mass is 10.2. The highest BCUT2D eigenvalue weighted by Crippen LogP contribution is 2.25. The third kappa shape index (κ3) is 2.54. The maximum absolute atomic E-state index is 12.4. The molecule has 0 bridgehead atoms. The number of carbonyl (C=O) groups is 2. The lowest BCUT2D eigenvalue weighted by molar-refractivity contribution is -0.119. The molecule has 0 saturated carbocycles. The number of hydrogen-bond donors (Lipinski definition) is 0. The highest BCUT2D eigenvalue weighted by molar-refractivity contribution is 6.15. The van der Waals surface area contributed by atoms with Crippen molar-refractivity contribution in [3.8, 4) is 5.75 Å². The second kappa shape index (κ2) is 5.30. The minimum Gasteiger partial charge on any atom is -0.497 e. The summed E-state index contributed by atoms with van der Waals surface area (Å²) in [5.74, 6) is 0.454. The van der Waals surface area contributed by atoms with Crippen molar-refractivity contribution >= 4 is 17.6 Å². The van der Waals surface area contributed by atoms with Crippen LogP contribution in [0.2, 0.25) is 0 Å². The summed E-state index contributed by atoms with van der Waals surface area (Å²) in [5, 5.41) is 0. The van der Waals surface area contributed by atoms with Crippen LogP contribution < -0.4 is 9.64 Å². The first-order valence-corrected chi connectivity index (χ1v) is 6.32. The van der Waals surface area contributed by atoms with Gasteiger partial charge in [0, 0.05) is 25.1 Å². The van der Waals surface area contributed by atoms with Crippen molar-refractivity contribution in [3.05, 3.63) is 24.3 Å². The third-order valence-electron chi connectivity index (χ3n) is 3.19. The fourth-order valence-electron chi connectivity index (χ4n) is 2.14. The largest absolute Gasteiger partial charge is 0.497 e.